The van der Waals surface area contributed by atoms with E-state index in [1.54, 1.807) is 0 Å². The molecule has 65 heavy (non-hydrogen) atoms. The van der Waals surface area contributed by atoms with Gasteiger partial charge in [-0.15, -0.1) is 0 Å². The number of carbonyl (C=O) groups is 2. The number of hydrogen-bond acceptors (Lipinski definition) is 8. The fraction of sp³-hybridized carbons (Fsp3) is 0.852. The van der Waals surface area contributed by atoms with E-state index in [2.05, 4.69) is 50.3 Å². The number of carboxylic acid groups (broad SMARTS) is 1. The van der Waals surface area contributed by atoms with Crippen LogP contribution in [-0.2, 0) is 32.7 Å². The molecule has 0 aliphatic rings. The summed E-state index contributed by atoms with van der Waals surface area (Å²) in [5, 5.41) is 8.94. The van der Waals surface area contributed by atoms with Gasteiger partial charge in [-0.3, -0.25) is 18.6 Å². The van der Waals surface area contributed by atoms with Crippen LogP contribution in [0, 0.1) is 0 Å². The maximum Gasteiger partial charge on any atom is 0.472 e. The van der Waals surface area contributed by atoms with E-state index in [1.165, 1.54) is 186 Å². The van der Waals surface area contributed by atoms with E-state index in [1.807, 2.05) is 0 Å². The molecule has 0 radical (unpaired) electrons. The molecule has 11 heteroatoms. The third kappa shape index (κ3) is 49.9. The Kier molecular flexibility index (Phi) is 48.7. The second kappa shape index (κ2) is 50.1. The van der Waals surface area contributed by atoms with Gasteiger partial charge in [0.25, 0.3) is 0 Å². The fourth-order valence-corrected chi connectivity index (χ4v) is 8.47. The summed E-state index contributed by atoms with van der Waals surface area (Å²) in [7, 11) is -4.62. The predicted molar refractivity (Wildman–Crippen MR) is 272 cm³/mol. The molecule has 0 saturated carbocycles. The average molecular weight is 940 g/mol. The number of ether oxygens (including phenoxy) is 2. The molecule has 0 saturated heterocycles. The zero-order valence-electron chi connectivity index (χ0n) is 42.1. The molecule has 0 rings (SSSR count). The van der Waals surface area contributed by atoms with Crippen molar-refractivity contribution >= 4 is 19.8 Å². The van der Waals surface area contributed by atoms with Crippen LogP contribution in [-0.4, -0.2) is 60.5 Å². The van der Waals surface area contributed by atoms with E-state index >= 15 is 0 Å². The van der Waals surface area contributed by atoms with E-state index in [9.17, 15) is 19.0 Å². The molecule has 0 aromatic carbocycles. The Bertz CT molecular complexity index is 1180. The van der Waals surface area contributed by atoms with Crippen LogP contribution in [0.1, 0.15) is 258 Å². The fourth-order valence-electron chi connectivity index (χ4n) is 7.69. The van der Waals surface area contributed by atoms with Crippen molar-refractivity contribution in [1.82, 2.24) is 0 Å². The number of carbonyl (C=O) groups excluding carboxylic acids is 1. The van der Waals surface area contributed by atoms with E-state index in [0.717, 1.165) is 44.9 Å². The molecular formula is C54H102NO9P. The number of phosphoric acid groups is 1. The van der Waals surface area contributed by atoms with Crippen molar-refractivity contribution in [2.24, 2.45) is 5.73 Å². The summed E-state index contributed by atoms with van der Waals surface area (Å²) in [5.74, 6) is -1.77. The van der Waals surface area contributed by atoms with Crippen LogP contribution in [0.15, 0.2) is 36.5 Å². The third-order valence-electron chi connectivity index (χ3n) is 11.9. The number of aliphatic carboxylic acids is 1. The Balaban J connectivity index is 4.11. The summed E-state index contributed by atoms with van der Waals surface area (Å²) in [6.07, 6.45) is 59.2. The highest BCUT2D eigenvalue weighted by Gasteiger charge is 2.27. The maximum atomic E-state index is 12.7. The predicted octanol–water partition coefficient (Wildman–Crippen LogP) is 16.0. The van der Waals surface area contributed by atoms with Crippen molar-refractivity contribution in [2.45, 2.75) is 270 Å². The SMILES string of the molecule is CCCCCCC/C=C\C/C=C\CCCCCCCCCCCCOCC(COP(=O)(O)OCC(N)C(=O)O)OC(=O)CCCCCCCCCCC/C=C\CCCCCCCCCC. The molecule has 0 aromatic heterocycles. The van der Waals surface area contributed by atoms with E-state index < -0.39 is 45.1 Å². The standard InChI is InChI=1S/C54H102NO9P/c1-3-5-7-9-11-13-15-17-19-21-23-25-27-29-31-33-35-37-39-41-43-45-47-61-48-51(49-62-65(59,60)63-50-52(55)54(57)58)64-53(56)46-44-42-40-38-36-34-32-30-28-26-24-22-20-18-16-14-12-10-8-6-4-2/h15,17,21-24,51-52H,3-14,16,18-20,25-50,55H2,1-2H3,(H,57,58)(H,59,60)/b17-15-,23-21-,24-22-. The van der Waals surface area contributed by atoms with Crippen molar-refractivity contribution in [1.29, 1.82) is 0 Å². The van der Waals surface area contributed by atoms with E-state index in [-0.39, 0.29) is 13.0 Å². The number of hydrogen-bond donors (Lipinski definition) is 3. The minimum atomic E-state index is -4.62. The molecule has 0 amide bonds. The molecule has 0 aliphatic carbocycles. The molecule has 3 unspecified atom stereocenters. The lowest BCUT2D eigenvalue weighted by atomic mass is 10.1. The second-order valence-electron chi connectivity index (χ2n) is 18.4. The molecule has 0 fully saturated rings. The Morgan fingerprint density at radius 2 is 0.846 bits per heavy atom. The lowest BCUT2D eigenvalue weighted by Gasteiger charge is -2.20. The lowest BCUT2D eigenvalue weighted by Crippen LogP contribution is -2.34. The van der Waals surface area contributed by atoms with Gasteiger partial charge in [0.2, 0.25) is 0 Å². The Morgan fingerprint density at radius 1 is 0.492 bits per heavy atom. The van der Waals surface area contributed by atoms with E-state index in [0.29, 0.717) is 13.0 Å². The molecule has 3 atom stereocenters. The number of rotatable bonds is 52. The highest BCUT2D eigenvalue weighted by Crippen LogP contribution is 2.43. The summed E-state index contributed by atoms with van der Waals surface area (Å²) in [6.45, 7) is 3.91. The number of esters is 1. The third-order valence-corrected chi connectivity index (χ3v) is 12.8. The first-order valence-electron chi connectivity index (χ1n) is 27.0. The zero-order chi connectivity index (χ0) is 47.6. The number of allylic oxidation sites excluding steroid dienone is 6. The summed E-state index contributed by atoms with van der Waals surface area (Å²) in [4.78, 5) is 33.7. The molecule has 10 nitrogen and oxygen atoms in total. The number of phosphoric ester groups is 1. The zero-order valence-corrected chi connectivity index (χ0v) is 43.0. The molecule has 0 aromatic rings. The second-order valence-corrected chi connectivity index (χ2v) is 19.8. The monoisotopic (exact) mass is 940 g/mol. The smallest absolute Gasteiger partial charge is 0.472 e. The Hall–Kier alpha value is -1.81. The summed E-state index contributed by atoms with van der Waals surface area (Å²) >= 11 is 0. The lowest BCUT2D eigenvalue weighted by molar-refractivity contribution is -0.154. The van der Waals surface area contributed by atoms with Crippen LogP contribution in [0.5, 0.6) is 0 Å². The van der Waals surface area contributed by atoms with Crippen molar-refractivity contribution in [3.63, 3.8) is 0 Å². The van der Waals surface area contributed by atoms with Crippen LogP contribution in [0.3, 0.4) is 0 Å². The minimum absolute atomic E-state index is 0.0159. The average Bonchev–Trinajstić information content (AvgIpc) is 3.29. The maximum absolute atomic E-state index is 12.7. The Morgan fingerprint density at radius 3 is 1.26 bits per heavy atom. The van der Waals surface area contributed by atoms with Crippen LogP contribution in [0.25, 0.3) is 0 Å². The highest BCUT2D eigenvalue weighted by molar-refractivity contribution is 7.47. The topological polar surface area (TPSA) is 155 Å². The first-order chi connectivity index (χ1) is 31.7. The van der Waals surface area contributed by atoms with Crippen LogP contribution in [0.4, 0.5) is 0 Å². The van der Waals surface area contributed by atoms with Gasteiger partial charge in [0, 0.05) is 13.0 Å². The van der Waals surface area contributed by atoms with Crippen molar-refractivity contribution < 1.29 is 42.7 Å². The van der Waals surface area contributed by atoms with Gasteiger partial charge in [0.1, 0.15) is 12.1 Å². The first-order valence-corrected chi connectivity index (χ1v) is 28.5. The highest BCUT2D eigenvalue weighted by atomic mass is 31.2. The van der Waals surface area contributed by atoms with Gasteiger partial charge in [-0.05, 0) is 70.6 Å². The van der Waals surface area contributed by atoms with Gasteiger partial charge in [0.15, 0.2) is 0 Å². The van der Waals surface area contributed by atoms with Gasteiger partial charge in [-0.25, -0.2) is 4.57 Å². The largest absolute Gasteiger partial charge is 0.480 e. The number of nitrogens with two attached hydrogens (primary N) is 1. The first kappa shape index (κ1) is 63.2. The van der Waals surface area contributed by atoms with Gasteiger partial charge in [-0.1, -0.05) is 217 Å². The molecule has 0 heterocycles. The quantitative estimate of drug-likeness (QED) is 0.0232. The molecule has 0 bridgehead atoms. The number of unbranched alkanes of at least 4 members (excludes halogenated alkanes) is 32. The molecule has 4 N–H and O–H groups in total. The van der Waals surface area contributed by atoms with Gasteiger partial charge in [0.05, 0.1) is 19.8 Å². The molecule has 382 valence electrons. The number of carboxylic acids is 1. The van der Waals surface area contributed by atoms with Crippen molar-refractivity contribution in [3.05, 3.63) is 36.5 Å². The molecular weight excluding hydrogens is 838 g/mol. The molecule has 0 spiro atoms. The van der Waals surface area contributed by atoms with Crippen LogP contribution in [0.2, 0.25) is 0 Å². The molecule has 0 aliphatic heterocycles. The van der Waals surface area contributed by atoms with Crippen LogP contribution >= 0.6 is 7.82 Å². The van der Waals surface area contributed by atoms with Gasteiger partial charge >= 0.3 is 19.8 Å². The van der Waals surface area contributed by atoms with Crippen molar-refractivity contribution in [3.8, 4) is 0 Å². The van der Waals surface area contributed by atoms with Crippen molar-refractivity contribution in [2.75, 3.05) is 26.4 Å². The summed E-state index contributed by atoms with van der Waals surface area (Å²) < 4.78 is 33.6. The Labute approximate surface area is 399 Å². The van der Waals surface area contributed by atoms with E-state index in [4.69, 9.17) is 29.4 Å². The van der Waals surface area contributed by atoms with Gasteiger partial charge in [-0.2, -0.15) is 0 Å². The summed E-state index contributed by atoms with van der Waals surface area (Å²) in [5.41, 5.74) is 5.38. The normalized spacial score (nSPS) is 13.9. The minimum Gasteiger partial charge on any atom is -0.480 e. The van der Waals surface area contributed by atoms with Crippen LogP contribution < -0.4 is 5.73 Å². The summed E-state index contributed by atoms with van der Waals surface area (Å²) in [6, 6.07) is -1.47. The van der Waals surface area contributed by atoms with Gasteiger partial charge < -0.3 is 25.2 Å².